The third-order valence-corrected chi connectivity index (χ3v) is 2.65. The van der Waals surface area contributed by atoms with Crippen LogP contribution < -0.4 is 17.0 Å². The molecule has 0 fully saturated rings. The summed E-state index contributed by atoms with van der Waals surface area (Å²) >= 11 is 0. The minimum Gasteiger partial charge on any atom is -0.384 e. The Morgan fingerprint density at radius 3 is 2.53 bits per heavy atom. The van der Waals surface area contributed by atoms with Crippen LogP contribution >= 0.6 is 0 Å². The molecule has 2 rings (SSSR count). The SMILES string of the molecule is NNC(c1cnccc1C(F)(F)F)c1cn[nH]c1N. The molecule has 0 aromatic carbocycles. The van der Waals surface area contributed by atoms with Crippen molar-refractivity contribution in [3.8, 4) is 0 Å². The van der Waals surface area contributed by atoms with Crippen molar-refractivity contribution in [1.29, 1.82) is 0 Å². The molecule has 0 spiro atoms. The summed E-state index contributed by atoms with van der Waals surface area (Å²) in [6.07, 6.45) is -1.03. The van der Waals surface area contributed by atoms with Gasteiger partial charge in [0.15, 0.2) is 0 Å². The fourth-order valence-corrected chi connectivity index (χ4v) is 1.78. The number of rotatable bonds is 3. The van der Waals surface area contributed by atoms with Gasteiger partial charge >= 0.3 is 6.18 Å². The minimum atomic E-state index is -4.51. The smallest absolute Gasteiger partial charge is 0.384 e. The van der Waals surface area contributed by atoms with Crippen molar-refractivity contribution in [2.24, 2.45) is 5.84 Å². The van der Waals surface area contributed by atoms with Gasteiger partial charge in [-0.3, -0.25) is 15.9 Å². The topological polar surface area (TPSA) is 106 Å². The Bertz CT molecular complexity index is 564. The van der Waals surface area contributed by atoms with Crippen LogP contribution in [0.2, 0.25) is 0 Å². The first-order valence-corrected chi connectivity index (χ1v) is 5.21. The maximum Gasteiger partial charge on any atom is 0.416 e. The quantitative estimate of drug-likeness (QED) is 0.492. The van der Waals surface area contributed by atoms with E-state index in [4.69, 9.17) is 11.6 Å². The predicted octanol–water partition coefficient (Wildman–Crippen LogP) is 0.958. The van der Waals surface area contributed by atoms with Crippen LogP contribution in [0, 0.1) is 0 Å². The second-order valence-corrected chi connectivity index (χ2v) is 3.80. The van der Waals surface area contributed by atoms with Crippen molar-refractivity contribution >= 4 is 5.82 Å². The van der Waals surface area contributed by atoms with Gasteiger partial charge in [0.25, 0.3) is 0 Å². The Balaban J connectivity index is 2.54. The van der Waals surface area contributed by atoms with Gasteiger partial charge in [-0.05, 0) is 6.07 Å². The van der Waals surface area contributed by atoms with Crippen molar-refractivity contribution < 1.29 is 13.2 Å². The standard InChI is InChI=1S/C10H11F3N6/c11-10(12,13)7-1-2-16-3-5(7)8(18-15)6-4-17-19-9(6)14/h1-4,8,18H,15H2,(H3,14,17,19). The van der Waals surface area contributed by atoms with E-state index in [1.807, 2.05) is 0 Å². The van der Waals surface area contributed by atoms with Gasteiger partial charge in [0, 0.05) is 23.5 Å². The Morgan fingerprint density at radius 2 is 2.00 bits per heavy atom. The lowest BCUT2D eigenvalue weighted by atomic mass is 9.98. The summed E-state index contributed by atoms with van der Waals surface area (Å²) in [6, 6.07) is -0.0697. The lowest BCUT2D eigenvalue weighted by Gasteiger charge is -2.20. The number of aromatic amines is 1. The number of hydrogen-bond acceptors (Lipinski definition) is 5. The highest BCUT2D eigenvalue weighted by Crippen LogP contribution is 2.36. The van der Waals surface area contributed by atoms with Gasteiger partial charge in [-0.2, -0.15) is 18.3 Å². The molecule has 19 heavy (non-hydrogen) atoms. The molecule has 2 aromatic heterocycles. The molecule has 102 valence electrons. The fourth-order valence-electron chi connectivity index (χ4n) is 1.78. The van der Waals surface area contributed by atoms with E-state index >= 15 is 0 Å². The van der Waals surface area contributed by atoms with Crippen LogP contribution in [0.4, 0.5) is 19.0 Å². The summed E-state index contributed by atoms with van der Waals surface area (Å²) in [4.78, 5) is 3.70. The Hall–Kier alpha value is -2.13. The van der Waals surface area contributed by atoms with E-state index in [0.717, 1.165) is 18.5 Å². The van der Waals surface area contributed by atoms with Crippen LogP contribution in [0.5, 0.6) is 0 Å². The van der Waals surface area contributed by atoms with Crippen LogP contribution in [0.3, 0.4) is 0 Å². The van der Waals surface area contributed by atoms with Gasteiger partial charge in [0.2, 0.25) is 0 Å². The number of hydrazine groups is 1. The molecule has 2 aromatic rings. The van der Waals surface area contributed by atoms with Crippen LogP contribution in [-0.4, -0.2) is 15.2 Å². The molecule has 0 saturated heterocycles. The number of pyridine rings is 1. The van der Waals surface area contributed by atoms with E-state index in [-0.39, 0.29) is 11.4 Å². The normalized spacial score (nSPS) is 13.5. The van der Waals surface area contributed by atoms with Gasteiger partial charge in [-0.15, -0.1) is 0 Å². The summed E-state index contributed by atoms with van der Waals surface area (Å²) in [6.45, 7) is 0. The summed E-state index contributed by atoms with van der Waals surface area (Å²) in [7, 11) is 0. The molecule has 9 heteroatoms. The first-order valence-electron chi connectivity index (χ1n) is 5.21. The first kappa shape index (κ1) is 13.3. The lowest BCUT2D eigenvalue weighted by molar-refractivity contribution is -0.138. The zero-order chi connectivity index (χ0) is 14.0. The molecule has 2 heterocycles. The number of nitrogens with zero attached hydrogens (tertiary/aromatic N) is 2. The number of alkyl halides is 3. The van der Waals surface area contributed by atoms with Crippen LogP contribution in [0.25, 0.3) is 0 Å². The van der Waals surface area contributed by atoms with E-state index in [2.05, 4.69) is 20.6 Å². The number of nitrogens with two attached hydrogens (primary N) is 2. The molecule has 0 aliphatic heterocycles. The van der Waals surface area contributed by atoms with Gasteiger partial charge in [0.1, 0.15) is 5.82 Å². The van der Waals surface area contributed by atoms with E-state index in [0.29, 0.717) is 5.56 Å². The summed E-state index contributed by atoms with van der Waals surface area (Å²) in [5.74, 6) is 5.47. The van der Waals surface area contributed by atoms with E-state index < -0.39 is 17.8 Å². The van der Waals surface area contributed by atoms with Crippen LogP contribution in [0.1, 0.15) is 22.7 Å². The summed E-state index contributed by atoms with van der Waals surface area (Å²) < 4.78 is 38.8. The molecular formula is C10H11F3N6. The zero-order valence-corrected chi connectivity index (χ0v) is 9.57. The fraction of sp³-hybridized carbons (Fsp3) is 0.200. The molecule has 6 nitrogen and oxygen atoms in total. The maximum absolute atomic E-state index is 12.9. The highest BCUT2D eigenvalue weighted by molar-refractivity contribution is 5.46. The van der Waals surface area contributed by atoms with E-state index in [1.54, 1.807) is 0 Å². The van der Waals surface area contributed by atoms with E-state index in [9.17, 15) is 13.2 Å². The molecule has 0 aliphatic rings. The van der Waals surface area contributed by atoms with Gasteiger partial charge in [-0.1, -0.05) is 0 Å². The number of nitrogen functional groups attached to an aromatic ring is 1. The second-order valence-electron chi connectivity index (χ2n) is 3.80. The van der Waals surface area contributed by atoms with E-state index in [1.165, 1.54) is 6.20 Å². The number of halogens is 3. The number of hydrogen-bond donors (Lipinski definition) is 4. The maximum atomic E-state index is 12.9. The van der Waals surface area contributed by atoms with Crippen molar-refractivity contribution in [3.05, 3.63) is 41.3 Å². The van der Waals surface area contributed by atoms with Crippen molar-refractivity contribution in [2.75, 3.05) is 5.73 Å². The molecule has 0 aliphatic carbocycles. The summed E-state index contributed by atoms with van der Waals surface area (Å²) in [5.41, 5.74) is 7.27. The molecule has 1 unspecified atom stereocenters. The molecule has 1 atom stereocenters. The number of nitrogens with one attached hydrogen (secondary N) is 2. The predicted molar refractivity (Wildman–Crippen MR) is 61.4 cm³/mol. The second kappa shape index (κ2) is 4.86. The average Bonchev–Trinajstić information content (AvgIpc) is 2.76. The number of aromatic nitrogens is 3. The molecule has 0 bridgehead atoms. The largest absolute Gasteiger partial charge is 0.416 e. The molecule has 0 amide bonds. The molecule has 0 radical (unpaired) electrons. The monoisotopic (exact) mass is 272 g/mol. The zero-order valence-electron chi connectivity index (χ0n) is 9.57. The van der Waals surface area contributed by atoms with Crippen LogP contribution in [-0.2, 0) is 6.18 Å². The Morgan fingerprint density at radius 1 is 1.26 bits per heavy atom. The van der Waals surface area contributed by atoms with Crippen molar-refractivity contribution in [2.45, 2.75) is 12.2 Å². The van der Waals surface area contributed by atoms with Gasteiger partial charge in [0.05, 0.1) is 17.8 Å². The minimum absolute atomic E-state index is 0.120. The van der Waals surface area contributed by atoms with Gasteiger partial charge in [-0.25, -0.2) is 5.43 Å². The van der Waals surface area contributed by atoms with Crippen molar-refractivity contribution in [3.63, 3.8) is 0 Å². The summed E-state index contributed by atoms with van der Waals surface area (Å²) in [5, 5.41) is 6.10. The highest BCUT2D eigenvalue weighted by atomic mass is 19.4. The Labute approximate surface area is 106 Å². The third-order valence-electron chi connectivity index (χ3n) is 2.65. The lowest BCUT2D eigenvalue weighted by Crippen LogP contribution is -2.31. The van der Waals surface area contributed by atoms with Crippen molar-refractivity contribution in [1.82, 2.24) is 20.6 Å². The Kier molecular flexibility index (Phi) is 3.40. The molecule has 6 N–H and O–H groups in total. The highest BCUT2D eigenvalue weighted by Gasteiger charge is 2.36. The van der Waals surface area contributed by atoms with Gasteiger partial charge < -0.3 is 5.73 Å². The average molecular weight is 272 g/mol. The third kappa shape index (κ3) is 2.51. The number of anilines is 1. The molecular weight excluding hydrogens is 261 g/mol. The first-order chi connectivity index (χ1) is 8.95. The van der Waals surface area contributed by atoms with Crippen LogP contribution in [0.15, 0.2) is 24.7 Å². The molecule has 0 saturated carbocycles. The number of H-pyrrole nitrogens is 1.